The van der Waals surface area contributed by atoms with Gasteiger partial charge < -0.3 is 10.5 Å². The topological polar surface area (TPSA) is 55.6 Å². The minimum Gasteiger partial charge on any atom is -0.465 e. The maximum absolute atomic E-state index is 12.2. The Balaban J connectivity index is 2.21. The van der Waals surface area contributed by atoms with E-state index >= 15 is 0 Å². The highest BCUT2D eigenvalue weighted by Gasteiger charge is 2.31. The fourth-order valence-corrected chi connectivity index (χ4v) is 2.63. The molecular weight excluding hydrogens is 240 g/mol. The quantitative estimate of drug-likeness (QED) is 0.839. The first kappa shape index (κ1) is 14.0. The fraction of sp³-hybridized carbons (Fsp3) is 0.533. The maximum Gasteiger partial charge on any atom is 0.328 e. The van der Waals surface area contributed by atoms with Crippen LogP contribution in [-0.4, -0.2) is 36.6 Å². The van der Waals surface area contributed by atoms with E-state index in [0.29, 0.717) is 6.61 Å². The predicted octanol–water partition coefficient (Wildman–Crippen LogP) is 1.71. The molecule has 19 heavy (non-hydrogen) atoms. The molecule has 0 aromatic heterocycles. The Bertz CT molecular complexity index is 408. The molecule has 1 aliphatic heterocycles. The van der Waals surface area contributed by atoms with Crippen molar-refractivity contribution < 1.29 is 9.53 Å². The van der Waals surface area contributed by atoms with Gasteiger partial charge in [0.05, 0.1) is 6.61 Å². The zero-order valence-electron chi connectivity index (χ0n) is 11.4. The zero-order valence-corrected chi connectivity index (χ0v) is 11.4. The number of nitrogens with zero attached hydrogens (tertiary/aromatic N) is 1. The summed E-state index contributed by atoms with van der Waals surface area (Å²) < 4.78 is 5.23. The molecule has 0 bridgehead atoms. The van der Waals surface area contributed by atoms with E-state index in [4.69, 9.17) is 10.5 Å². The molecule has 4 heteroatoms. The van der Waals surface area contributed by atoms with Crippen molar-refractivity contribution in [3.8, 4) is 0 Å². The Hall–Kier alpha value is -1.39. The second-order valence-corrected chi connectivity index (χ2v) is 4.96. The highest BCUT2D eigenvalue weighted by Crippen LogP contribution is 2.25. The van der Waals surface area contributed by atoms with Crippen molar-refractivity contribution in [1.29, 1.82) is 0 Å². The van der Waals surface area contributed by atoms with Gasteiger partial charge in [0.1, 0.15) is 6.04 Å². The molecule has 1 aromatic rings. The molecule has 1 fully saturated rings. The monoisotopic (exact) mass is 262 g/mol. The van der Waals surface area contributed by atoms with Gasteiger partial charge in [0.2, 0.25) is 0 Å². The number of hydrogen-bond donors (Lipinski definition) is 1. The summed E-state index contributed by atoms with van der Waals surface area (Å²) in [5.74, 6) is -0.178. The number of likely N-dealkylation sites (tertiary alicyclic amines) is 1. The fourth-order valence-electron chi connectivity index (χ4n) is 2.63. The van der Waals surface area contributed by atoms with Crippen LogP contribution in [0.5, 0.6) is 0 Å². The molecule has 2 rings (SSSR count). The minimum absolute atomic E-state index is 0.148. The summed E-state index contributed by atoms with van der Waals surface area (Å²) in [5, 5.41) is 0. The average Bonchev–Trinajstić information content (AvgIpc) is 2.40. The molecule has 1 aromatic carbocycles. The summed E-state index contributed by atoms with van der Waals surface area (Å²) in [6.45, 7) is 3.88. The van der Waals surface area contributed by atoms with E-state index in [1.807, 2.05) is 37.3 Å². The Morgan fingerprint density at radius 1 is 1.47 bits per heavy atom. The van der Waals surface area contributed by atoms with E-state index in [0.717, 1.165) is 31.5 Å². The first-order valence-corrected chi connectivity index (χ1v) is 6.93. The molecule has 4 nitrogen and oxygen atoms in total. The summed E-state index contributed by atoms with van der Waals surface area (Å²) in [5.41, 5.74) is 7.00. The maximum atomic E-state index is 12.2. The lowest BCUT2D eigenvalue weighted by Crippen LogP contribution is -2.46. The number of hydrogen-bond acceptors (Lipinski definition) is 4. The van der Waals surface area contributed by atoms with Crippen LogP contribution in [0.4, 0.5) is 0 Å². The number of benzene rings is 1. The van der Waals surface area contributed by atoms with Gasteiger partial charge in [0, 0.05) is 12.6 Å². The van der Waals surface area contributed by atoms with E-state index < -0.39 is 0 Å². The van der Waals surface area contributed by atoms with Crippen molar-refractivity contribution in [2.45, 2.75) is 31.8 Å². The Morgan fingerprint density at radius 2 is 2.21 bits per heavy atom. The van der Waals surface area contributed by atoms with Gasteiger partial charge in [-0.3, -0.25) is 4.90 Å². The van der Waals surface area contributed by atoms with Gasteiger partial charge in [-0.1, -0.05) is 30.3 Å². The summed E-state index contributed by atoms with van der Waals surface area (Å²) in [4.78, 5) is 14.4. The van der Waals surface area contributed by atoms with Crippen LogP contribution in [0, 0.1) is 0 Å². The van der Waals surface area contributed by atoms with Gasteiger partial charge in [-0.05, 0) is 31.9 Å². The number of rotatable bonds is 4. The summed E-state index contributed by atoms with van der Waals surface area (Å²) >= 11 is 0. The predicted molar refractivity (Wildman–Crippen MR) is 74.6 cm³/mol. The second kappa shape index (κ2) is 6.68. The molecule has 1 aliphatic rings. The van der Waals surface area contributed by atoms with Crippen molar-refractivity contribution in [3.63, 3.8) is 0 Å². The van der Waals surface area contributed by atoms with Crippen LogP contribution in [0.15, 0.2) is 30.3 Å². The highest BCUT2D eigenvalue weighted by atomic mass is 16.5. The Kier molecular flexibility index (Phi) is 4.93. The van der Waals surface area contributed by atoms with Crippen LogP contribution in [0.1, 0.15) is 31.4 Å². The lowest BCUT2D eigenvalue weighted by molar-refractivity contribution is -0.150. The van der Waals surface area contributed by atoms with Crippen LogP contribution < -0.4 is 5.73 Å². The number of nitrogens with two attached hydrogens (primary N) is 1. The zero-order chi connectivity index (χ0) is 13.7. The number of esters is 1. The average molecular weight is 262 g/mol. The SMILES string of the molecule is CCOC(=O)C(c1ccccc1)N1CCCC(N)C1. The summed E-state index contributed by atoms with van der Waals surface area (Å²) in [7, 11) is 0. The Labute approximate surface area is 114 Å². The first-order valence-electron chi connectivity index (χ1n) is 6.93. The third-order valence-corrected chi connectivity index (χ3v) is 3.48. The lowest BCUT2D eigenvalue weighted by Gasteiger charge is -2.35. The van der Waals surface area contributed by atoms with Crippen LogP contribution >= 0.6 is 0 Å². The van der Waals surface area contributed by atoms with E-state index in [1.165, 1.54) is 0 Å². The minimum atomic E-state index is -0.326. The van der Waals surface area contributed by atoms with Crippen molar-refractivity contribution in [2.24, 2.45) is 5.73 Å². The molecule has 0 aliphatic carbocycles. The lowest BCUT2D eigenvalue weighted by atomic mass is 10.00. The van der Waals surface area contributed by atoms with Crippen LogP contribution in [0.25, 0.3) is 0 Å². The van der Waals surface area contributed by atoms with Crippen molar-refractivity contribution in [1.82, 2.24) is 4.90 Å². The molecule has 104 valence electrons. The van der Waals surface area contributed by atoms with Gasteiger partial charge in [0.25, 0.3) is 0 Å². The molecule has 0 amide bonds. The van der Waals surface area contributed by atoms with Gasteiger partial charge in [-0.2, -0.15) is 0 Å². The van der Waals surface area contributed by atoms with E-state index in [-0.39, 0.29) is 18.1 Å². The van der Waals surface area contributed by atoms with Crippen LogP contribution in [0.3, 0.4) is 0 Å². The van der Waals surface area contributed by atoms with Crippen molar-refractivity contribution in [2.75, 3.05) is 19.7 Å². The van der Waals surface area contributed by atoms with Gasteiger partial charge >= 0.3 is 5.97 Å². The van der Waals surface area contributed by atoms with Gasteiger partial charge in [-0.15, -0.1) is 0 Å². The molecule has 0 spiro atoms. The smallest absolute Gasteiger partial charge is 0.328 e. The standard InChI is InChI=1S/C15H22N2O2/c1-2-19-15(18)14(12-7-4-3-5-8-12)17-10-6-9-13(16)11-17/h3-5,7-8,13-14H,2,6,9-11,16H2,1H3. The molecule has 0 saturated carbocycles. The number of ether oxygens (including phenoxy) is 1. The summed E-state index contributed by atoms with van der Waals surface area (Å²) in [6, 6.07) is 9.62. The highest BCUT2D eigenvalue weighted by molar-refractivity contribution is 5.77. The number of carbonyl (C=O) groups is 1. The van der Waals surface area contributed by atoms with E-state index in [9.17, 15) is 4.79 Å². The van der Waals surface area contributed by atoms with Crippen molar-refractivity contribution in [3.05, 3.63) is 35.9 Å². The van der Waals surface area contributed by atoms with E-state index in [1.54, 1.807) is 0 Å². The number of piperidine rings is 1. The first-order chi connectivity index (χ1) is 9.22. The third-order valence-electron chi connectivity index (χ3n) is 3.48. The largest absolute Gasteiger partial charge is 0.465 e. The molecular formula is C15H22N2O2. The number of carbonyl (C=O) groups excluding carboxylic acids is 1. The molecule has 2 N–H and O–H groups in total. The third kappa shape index (κ3) is 3.55. The molecule has 0 radical (unpaired) electrons. The normalized spacial score (nSPS) is 21.9. The summed E-state index contributed by atoms with van der Waals surface area (Å²) in [6.07, 6.45) is 2.06. The van der Waals surface area contributed by atoms with Crippen LogP contribution in [0.2, 0.25) is 0 Å². The molecule has 2 atom stereocenters. The second-order valence-electron chi connectivity index (χ2n) is 4.96. The van der Waals surface area contributed by atoms with E-state index in [2.05, 4.69) is 4.90 Å². The van der Waals surface area contributed by atoms with Gasteiger partial charge in [0.15, 0.2) is 0 Å². The molecule has 1 saturated heterocycles. The molecule has 2 unspecified atom stereocenters. The molecule has 1 heterocycles. The Morgan fingerprint density at radius 3 is 2.84 bits per heavy atom. The van der Waals surface area contributed by atoms with Gasteiger partial charge in [-0.25, -0.2) is 4.79 Å². The van der Waals surface area contributed by atoms with Crippen molar-refractivity contribution >= 4 is 5.97 Å². The van der Waals surface area contributed by atoms with Crippen LogP contribution in [-0.2, 0) is 9.53 Å².